The van der Waals surface area contributed by atoms with Gasteiger partial charge in [-0.3, -0.25) is 4.39 Å². The highest BCUT2D eigenvalue weighted by Gasteiger charge is 2.35. The molecule has 15 heavy (non-hydrogen) atoms. The molecule has 2 rings (SSSR count). The lowest BCUT2D eigenvalue weighted by Gasteiger charge is -2.36. The molecule has 1 aromatic rings. The van der Waals surface area contributed by atoms with Crippen molar-refractivity contribution in [1.82, 2.24) is 0 Å². The Bertz CT molecular complexity index is 329. The molecule has 0 nitrogen and oxygen atoms in total. The van der Waals surface area contributed by atoms with Crippen LogP contribution < -0.4 is 0 Å². The molecule has 0 amide bonds. The lowest BCUT2D eigenvalue weighted by atomic mass is 9.70. The van der Waals surface area contributed by atoms with E-state index in [1.54, 1.807) is 0 Å². The van der Waals surface area contributed by atoms with Crippen molar-refractivity contribution in [2.24, 2.45) is 0 Å². The van der Waals surface area contributed by atoms with Crippen LogP contribution in [0.2, 0.25) is 0 Å². The Hall–Kier alpha value is -0.370. The third-order valence-corrected chi connectivity index (χ3v) is 4.20. The van der Waals surface area contributed by atoms with E-state index in [0.717, 1.165) is 35.7 Å². The van der Waals surface area contributed by atoms with Crippen molar-refractivity contribution in [1.29, 1.82) is 0 Å². The average molecular weight is 271 g/mol. The number of hydrogen-bond acceptors (Lipinski definition) is 0. The summed E-state index contributed by atoms with van der Waals surface area (Å²) in [7, 11) is 0. The second-order valence-electron chi connectivity index (χ2n) is 4.45. The summed E-state index contributed by atoms with van der Waals surface area (Å²) >= 11 is 3.54. The fourth-order valence-corrected chi connectivity index (χ4v) is 3.30. The average Bonchev–Trinajstić information content (AvgIpc) is 2.30. The van der Waals surface area contributed by atoms with E-state index in [1.165, 1.54) is 6.42 Å². The van der Waals surface area contributed by atoms with E-state index in [9.17, 15) is 4.39 Å². The molecule has 0 bridgehead atoms. The van der Waals surface area contributed by atoms with Crippen molar-refractivity contribution < 1.29 is 4.39 Å². The highest BCUT2D eigenvalue weighted by atomic mass is 79.9. The van der Waals surface area contributed by atoms with Gasteiger partial charge in [0.2, 0.25) is 0 Å². The molecule has 0 unspecified atom stereocenters. The lowest BCUT2D eigenvalue weighted by molar-refractivity contribution is 0.226. The Morgan fingerprint density at radius 1 is 1.13 bits per heavy atom. The predicted molar refractivity (Wildman–Crippen MR) is 64.9 cm³/mol. The summed E-state index contributed by atoms with van der Waals surface area (Å²) in [5.41, 5.74) is 0.949. The topological polar surface area (TPSA) is 0 Å². The fourth-order valence-electron chi connectivity index (χ4n) is 2.59. The van der Waals surface area contributed by atoms with Gasteiger partial charge in [-0.1, -0.05) is 53.4 Å². The molecular formula is C13H16BrF. The van der Waals surface area contributed by atoms with Crippen LogP contribution in [-0.2, 0) is 5.41 Å². The van der Waals surface area contributed by atoms with Crippen molar-refractivity contribution in [3.05, 3.63) is 34.3 Å². The van der Waals surface area contributed by atoms with Crippen LogP contribution in [0, 0.1) is 0 Å². The number of benzene rings is 1. The van der Waals surface area contributed by atoms with E-state index >= 15 is 0 Å². The first-order valence-electron chi connectivity index (χ1n) is 5.59. The molecule has 1 aliphatic carbocycles. The van der Waals surface area contributed by atoms with Gasteiger partial charge in [-0.2, -0.15) is 0 Å². The zero-order valence-electron chi connectivity index (χ0n) is 8.81. The minimum Gasteiger partial charge on any atom is -0.250 e. The van der Waals surface area contributed by atoms with Crippen molar-refractivity contribution in [2.45, 2.75) is 37.5 Å². The van der Waals surface area contributed by atoms with E-state index in [2.05, 4.69) is 22.0 Å². The second-order valence-corrected chi connectivity index (χ2v) is 5.31. The molecule has 1 aromatic carbocycles. The first-order valence-corrected chi connectivity index (χ1v) is 6.39. The molecule has 82 valence electrons. The molecule has 0 saturated heterocycles. The summed E-state index contributed by atoms with van der Waals surface area (Å²) in [4.78, 5) is 0. The Morgan fingerprint density at radius 3 is 2.40 bits per heavy atom. The maximum absolute atomic E-state index is 13.4. The van der Waals surface area contributed by atoms with Crippen molar-refractivity contribution in [2.75, 3.05) is 6.67 Å². The first kappa shape index (κ1) is 11.1. The molecule has 0 aliphatic heterocycles. The van der Waals surface area contributed by atoms with Gasteiger partial charge in [0.25, 0.3) is 0 Å². The van der Waals surface area contributed by atoms with Gasteiger partial charge < -0.3 is 0 Å². The maximum Gasteiger partial charge on any atom is 0.0991 e. The molecule has 0 aromatic heterocycles. The normalized spacial score (nSPS) is 20.1. The SMILES string of the molecule is FCC1(c2ccccc2Br)CCCCC1. The Morgan fingerprint density at radius 2 is 1.80 bits per heavy atom. The summed E-state index contributed by atoms with van der Waals surface area (Å²) in [5, 5.41) is 0. The van der Waals surface area contributed by atoms with Crippen LogP contribution in [0.4, 0.5) is 4.39 Å². The van der Waals surface area contributed by atoms with E-state index in [0.29, 0.717) is 0 Å². The summed E-state index contributed by atoms with van der Waals surface area (Å²) in [6.45, 7) is -0.227. The highest BCUT2D eigenvalue weighted by molar-refractivity contribution is 9.10. The van der Waals surface area contributed by atoms with Crippen LogP contribution in [0.3, 0.4) is 0 Å². The highest BCUT2D eigenvalue weighted by Crippen LogP contribution is 2.42. The molecule has 0 radical (unpaired) electrons. The summed E-state index contributed by atoms with van der Waals surface area (Å²) in [6, 6.07) is 8.07. The number of hydrogen-bond donors (Lipinski definition) is 0. The smallest absolute Gasteiger partial charge is 0.0991 e. The Balaban J connectivity index is 2.36. The van der Waals surface area contributed by atoms with Gasteiger partial charge in [-0.05, 0) is 24.5 Å². The monoisotopic (exact) mass is 270 g/mol. The van der Waals surface area contributed by atoms with Crippen LogP contribution >= 0.6 is 15.9 Å². The molecule has 0 atom stereocenters. The van der Waals surface area contributed by atoms with E-state index in [-0.39, 0.29) is 12.1 Å². The molecule has 1 saturated carbocycles. The van der Waals surface area contributed by atoms with Gasteiger partial charge in [0.1, 0.15) is 0 Å². The molecular weight excluding hydrogens is 255 g/mol. The fraction of sp³-hybridized carbons (Fsp3) is 0.538. The molecule has 0 spiro atoms. The zero-order valence-corrected chi connectivity index (χ0v) is 10.4. The van der Waals surface area contributed by atoms with Crippen molar-refractivity contribution >= 4 is 15.9 Å². The second kappa shape index (κ2) is 4.65. The van der Waals surface area contributed by atoms with Crippen molar-refractivity contribution in [3.63, 3.8) is 0 Å². The summed E-state index contributed by atoms with van der Waals surface area (Å²) < 4.78 is 14.4. The molecule has 0 heterocycles. The zero-order chi connectivity index (χ0) is 10.7. The number of rotatable bonds is 2. The lowest BCUT2D eigenvalue weighted by Crippen LogP contribution is -2.31. The Kier molecular flexibility index (Phi) is 3.45. The van der Waals surface area contributed by atoms with Gasteiger partial charge in [0, 0.05) is 9.89 Å². The first-order chi connectivity index (χ1) is 7.28. The Labute approximate surface area is 99.0 Å². The van der Waals surface area contributed by atoms with Gasteiger partial charge in [0.15, 0.2) is 0 Å². The molecule has 2 heteroatoms. The van der Waals surface area contributed by atoms with Crippen LogP contribution in [0.1, 0.15) is 37.7 Å². The van der Waals surface area contributed by atoms with Crippen LogP contribution in [-0.4, -0.2) is 6.67 Å². The van der Waals surface area contributed by atoms with Crippen molar-refractivity contribution in [3.8, 4) is 0 Å². The number of halogens is 2. The van der Waals surface area contributed by atoms with E-state index in [1.807, 2.05) is 18.2 Å². The predicted octanol–water partition coefficient (Wildman–Crippen LogP) is 4.62. The van der Waals surface area contributed by atoms with Crippen LogP contribution in [0.25, 0.3) is 0 Å². The summed E-state index contributed by atoms with van der Waals surface area (Å²) in [5.74, 6) is 0. The number of alkyl halides is 1. The quantitative estimate of drug-likeness (QED) is 0.736. The van der Waals surface area contributed by atoms with Crippen LogP contribution in [0.15, 0.2) is 28.7 Å². The van der Waals surface area contributed by atoms with Gasteiger partial charge in [0.05, 0.1) is 6.67 Å². The third-order valence-electron chi connectivity index (χ3n) is 3.51. The molecule has 1 fully saturated rings. The van der Waals surface area contributed by atoms with Gasteiger partial charge >= 0.3 is 0 Å². The maximum atomic E-state index is 13.4. The minimum absolute atomic E-state index is 0.210. The standard InChI is InChI=1S/C13H16BrF/c14-12-7-3-2-6-11(12)13(10-15)8-4-1-5-9-13/h2-3,6-7H,1,4-5,8-10H2. The minimum atomic E-state index is -0.227. The van der Waals surface area contributed by atoms with Gasteiger partial charge in [-0.25, -0.2) is 0 Å². The van der Waals surface area contributed by atoms with Crippen LogP contribution in [0.5, 0.6) is 0 Å². The molecule has 1 aliphatic rings. The largest absolute Gasteiger partial charge is 0.250 e. The van der Waals surface area contributed by atoms with E-state index in [4.69, 9.17) is 0 Å². The van der Waals surface area contributed by atoms with E-state index < -0.39 is 0 Å². The van der Waals surface area contributed by atoms with Gasteiger partial charge in [-0.15, -0.1) is 0 Å². The third kappa shape index (κ3) is 2.10. The summed E-state index contributed by atoms with van der Waals surface area (Å²) in [6.07, 6.45) is 5.56. The molecule has 0 N–H and O–H groups in total.